The average molecular weight is 388 g/mol. The molecule has 1 N–H and O–H groups in total. The van der Waals surface area contributed by atoms with E-state index in [9.17, 15) is 4.79 Å². The van der Waals surface area contributed by atoms with Crippen LogP contribution in [0.1, 0.15) is 53.4 Å². The molecule has 0 fully saturated rings. The van der Waals surface area contributed by atoms with E-state index in [1.807, 2.05) is 45.2 Å². The molecule has 0 bridgehead atoms. The molecule has 0 saturated heterocycles. The summed E-state index contributed by atoms with van der Waals surface area (Å²) >= 11 is 0. The molecule has 0 aliphatic carbocycles. The van der Waals surface area contributed by atoms with Crippen LogP contribution in [0.3, 0.4) is 0 Å². The number of hydrogen-bond donors (Lipinski definition) is 1. The second-order valence-electron chi connectivity index (χ2n) is 7.10. The van der Waals surface area contributed by atoms with Gasteiger partial charge in [-0.15, -0.1) is 0 Å². The maximum Gasteiger partial charge on any atom is 0.151 e. The van der Waals surface area contributed by atoms with E-state index in [1.54, 1.807) is 12.3 Å². The highest BCUT2D eigenvalue weighted by molar-refractivity contribution is 6.45. The maximum atomic E-state index is 11.0. The predicted octanol–water partition coefficient (Wildman–Crippen LogP) is 6.29. The lowest BCUT2D eigenvalue weighted by atomic mass is 10.0. The Morgan fingerprint density at radius 2 is 1.69 bits per heavy atom. The van der Waals surface area contributed by atoms with Crippen LogP contribution in [0.2, 0.25) is 0 Å². The number of anilines is 1. The fourth-order valence-corrected chi connectivity index (χ4v) is 2.70. The van der Waals surface area contributed by atoms with Crippen LogP contribution in [0.5, 0.6) is 0 Å². The van der Waals surface area contributed by atoms with E-state index in [1.165, 1.54) is 11.1 Å². The van der Waals surface area contributed by atoms with Crippen molar-refractivity contribution in [2.75, 3.05) is 5.32 Å². The van der Waals surface area contributed by atoms with Crippen molar-refractivity contribution in [3.63, 3.8) is 0 Å². The normalized spacial score (nSPS) is 13.1. The number of aryl methyl sites for hydroxylation is 3. The Balaban J connectivity index is 2.30. The fourth-order valence-electron chi connectivity index (χ4n) is 2.70. The summed E-state index contributed by atoms with van der Waals surface area (Å²) in [7, 11) is 0. The van der Waals surface area contributed by atoms with Crippen LogP contribution in [0.4, 0.5) is 5.69 Å². The molecule has 4 heteroatoms. The number of nitrogens with zero attached hydrogens (tertiary/aromatic N) is 2. The van der Waals surface area contributed by atoms with Gasteiger partial charge in [0.05, 0.1) is 5.71 Å². The van der Waals surface area contributed by atoms with Crippen molar-refractivity contribution in [1.82, 2.24) is 0 Å². The lowest BCUT2D eigenvalue weighted by Gasteiger charge is -2.11. The van der Waals surface area contributed by atoms with Gasteiger partial charge in [0.2, 0.25) is 0 Å². The smallest absolute Gasteiger partial charge is 0.151 e. The summed E-state index contributed by atoms with van der Waals surface area (Å²) in [6.07, 6.45) is 6.33. The minimum Gasteiger partial charge on any atom is -0.339 e. The summed E-state index contributed by atoms with van der Waals surface area (Å²) in [5.41, 5.74) is 8.01. The molecule has 2 aromatic rings. The number of aliphatic imine (C=N–C) groups is 2. The molecule has 0 aromatic heterocycles. The minimum absolute atomic E-state index is 0.658. The topological polar surface area (TPSA) is 53.8 Å². The van der Waals surface area contributed by atoms with Crippen molar-refractivity contribution in [3.05, 3.63) is 82.7 Å². The molecule has 2 rings (SSSR count). The summed E-state index contributed by atoms with van der Waals surface area (Å²) in [5.74, 6) is 0.658. The average Bonchev–Trinajstić information content (AvgIpc) is 2.71. The van der Waals surface area contributed by atoms with Crippen LogP contribution >= 0.6 is 0 Å². The van der Waals surface area contributed by atoms with E-state index in [0.717, 1.165) is 34.4 Å². The molecule has 2 aromatic carbocycles. The highest BCUT2D eigenvalue weighted by Crippen LogP contribution is 2.18. The SMILES string of the molecule is C\C=C/N=C(Nc1ccc(C=O)c(C)c1)\C(C)=N\C=C(/C)c1ccc(C)c(C)c1. The number of carbonyl (C=O) groups is 1. The van der Waals surface area contributed by atoms with Crippen molar-refractivity contribution >= 4 is 29.1 Å². The largest absolute Gasteiger partial charge is 0.339 e. The van der Waals surface area contributed by atoms with Crippen molar-refractivity contribution in [3.8, 4) is 0 Å². The van der Waals surface area contributed by atoms with Crippen LogP contribution in [0, 0.1) is 20.8 Å². The summed E-state index contributed by atoms with van der Waals surface area (Å²) in [6.45, 7) is 12.0. The third-order valence-corrected chi connectivity index (χ3v) is 4.77. The Bertz CT molecular complexity index is 1010. The third kappa shape index (κ3) is 6.11. The Morgan fingerprint density at radius 3 is 2.31 bits per heavy atom. The molecule has 0 radical (unpaired) electrons. The van der Waals surface area contributed by atoms with Crippen LogP contribution in [-0.4, -0.2) is 17.8 Å². The van der Waals surface area contributed by atoms with Gasteiger partial charge >= 0.3 is 0 Å². The third-order valence-electron chi connectivity index (χ3n) is 4.77. The zero-order valence-corrected chi connectivity index (χ0v) is 18.1. The lowest BCUT2D eigenvalue weighted by Crippen LogP contribution is -2.20. The van der Waals surface area contributed by atoms with Gasteiger partial charge in [-0.25, -0.2) is 4.99 Å². The van der Waals surface area contributed by atoms with E-state index >= 15 is 0 Å². The molecule has 0 amide bonds. The Kier molecular flexibility index (Phi) is 7.84. The van der Waals surface area contributed by atoms with Crippen LogP contribution in [0.15, 0.2) is 64.9 Å². The molecule has 150 valence electrons. The fraction of sp³-hybridized carbons (Fsp3) is 0.240. The Labute approximate surface area is 173 Å². The molecular formula is C25H29N3O. The standard InChI is InChI=1S/C25H29N3O/c1-7-12-26-25(28-24-11-10-23(16-29)19(4)14-24)21(6)27-15-20(5)22-9-8-17(2)18(3)13-22/h7-16H,1-6H3,(H,26,28)/b12-7-,20-15+,27-21+. The molecule has 0 atom stereocenters. The molecule has 0 spiro atoms. The quantitative estimate of drug-likeness (QED) is 0.360. The molecule has 0 aliphatic heterocycles. The summed E-state index contributed by atoms with van der Waals surface area (Å²) in [6, 6.07) is 12.0. The van der Waals surface area contributed by atoms with Gasteiger partial charge < -0.3 is 5.32 Å². The van der Waals surface area contributed by atoms with Gasteiger partial charge in [-0.2, -0.15) is 0 Å². The molecule has 0 saturated carbocycles. The van der Waals surface area contributed by atoms with Gasteiger partial charge in [0.1, 0.15) is 6.29 Å². The van der Waals surface area contributed by atoms with E-state index in [4.69, 9.17) is 0 Å². The summed E-state index contributed by atoms with van der Waals surface area (Å²) < 4.78 is 0. The zero-order valence-electron chi connectivity index (χ0n) is 18.1. The predicted molar refractivity (Wildman–Crippen MR) is 125 cm³/mol. The van der Waals surface area contributed by atoms with Crippen LogP contribution in [-0.2, 0) is 0 Å². The van der Waals surface area contributed by atoms with Gasteiger partial charge in [-0.1, -0.05) is 24.3 Å². The lowest BCUT2D eigenvalue weighted by molar-refractivity contribution is 0.112. The number of carbonyl (C=O) groups excluding carboxylic acids is 1. The van der Waals surface area contributed by atoms with Gasteiger partial charge in [0.25, 0.3) is 0 Å². The number of hydrogen-bond acceptors (Lipinski definition) is 3. The van der Waals surface area contributed by atoms with Gasteiger partial charge in [-0.05, 0) is 87.6 Å². The van der Waals surface area contributed by atoms with Crippen molar-refractivity contribution in [2.24, 2.45) is 9.98 Å². The second-order valence-corrected chi connectivity index (χ2v) is 7.10. The zero-order chi connectivity index (χ0) is 21.4. The molecule has 4 nitrogen and oxygen atoms in total. The molecule has 0 unspecified atom stereocenters. The van der Waals surface area contributed by atoms with Crippen molar-refractivity contribution in [2.45, 2.75) is 41.5 Å². The number of aldehydes is 1. The van der Waals surface area contributed by atoms with Crippen LogP contribution in [0.25, 0.3) is 5.57 Å². The summed E-state index contributed by atoms with van der Waals surface area (Å²) in [5, 5.41) is 3.31. The van der Waals surface area contributed by atoms with E-state index in [0.29, 0.717) is 11.4 Å². The monoisotopic (exact) mass is 387 g/mol. The van der Waals surface area contributed by atoms with Gasteiger partial charge in [0, 0.05) is 23.7 Å². The summed E-state index contributed by atoms with van der Waals surface area (Å²) in [4.78, 5) is 20.1. The highest BCUT2D eigenvalue weighted by atomic mass is 16.1. The number of amidine groups is 1. The first-order valence-electron chi connectivity index (χ1n) is 9.66. The van der Waals surface area contributed by atoms with Gasteiger partial charge in [0.15, 0.2) is 5.84 Å². The minimum atomic E-state index is 0.658. The number of rotatable bonds is 6. The highest BCUT2D eigenvalue weighted by Gasteiger charge is 2.06. The first-order valence-corrected chi connectivity index (χ1v) is 9.66. The maximum absolute atomic E-state index is 11.0. The Hall–Kier alpha value is -3.27. The second kappa shape index (κ2) is 10.3. The molecule has 29 heavy (non-hydrogen) atoms. The van der Waals surface area contributed by atoms with Gasteiger partial charge in [-0.3, -0.25) is 9.79 Å². The van der Waals surface area contributed by atoms with Crippen molar-refractivity contribution < 1.29 is 4.79 Å². The van der Waals surface area contributed by atoms with Crippen molar-refractivity contribution in [1.29, 1.82) is 0 Å². The molecule has 0 heterocycles. The van der Waals surface area contributed by atoms with E-state index in [2.05, 4.69) is 54.3 Å². The molecule has 0 aliphatic rings. The van der Waals surface area contributed by atoms with Crippen LogP contribution < -0.4 is 5.32 Å². The first-order chi connectivity index (χ1) is 13.8. The number of allylic oxidation sites excluding steroid dienone is 2. The van der Waals surface area contributed by atoms with E-state index < -0.39 is 0 Å². The first kappa shape index (κ1) is 22.0. The number of nitrogens with one attached hydrogen (secondary N) is 1. The van der Waals surface area contributed by atoms with E-state index in [-0.39, 0.29) is 0 Å². The molecular weight excluding hydrogens is 358 g/mol. The Morgan fingerprint density at radius 1 is 0.931 bits per heavy atom. The number of benzene rings is 2.